The Labute approximate surface area is 146 Å². The van der Waals surface area contributed by atoms with Gasteiger partial charge in [-0.05, 0) is 50.2 Å². The van der Waals surface area contributed by atoms with Crippen LogP contribution in [0.5, 0.6) is 11.5 Å². The molecule has 0 saturated carbocycles. The van der Waals surface area contributed by atoms with Gasteiger partial charge in [0.25, 0.3) is 0 Å². The summed E-state index contributed by atoms with van der Waals surface area (Å²) in [5.41, 5.74) is 4.07. The lowest BCUT2D eigenvalue weighted by Crippen LogP contribution is -2.03. The van der Waals surface area contributed by atoms with Crippen LogP contribution in [-0.4, -0.2) is 30.1 Å². The molecule has 0 N–H and O–H groups in total. The van der Waals surface area contributed by atoms with Crippen molar-refractivity contribution in [3.63, 3.8) is 0 Å². The van der Waals surface area contributed by atoms with Crippen LogP contribution in [0.15, 0.2) is 42.5 Å². The summed E-state index contributed by atoms with van der Waals surface area (Å²) in [4.78, 5) is 16.2. The van der Waals surface area contributed by atoms with Crippen LogP contribution in [0.2, 0.25) is 0 Å². The van der Waals surface area contributed by atoms with Crippen LogP contribution in [0.3, 0.4) is 0 Å². The van der Waals surface area contributed by atoms with E-state index in [0.29, 0.717) is 28.3 Å². The molecule has 128 valence electrons. The maximum atomic E-state index is 11.4. The lowest BCUT2D eigenvalue weighted by Gasteiger charge is -2.14. The number of benzene rings is 1. The van der Waals surface area contributed by atoms with Gasteiger partial charge in [0.15, 0.2) is 6.29 Å². The fourth-order valence-corrected chi connectivity index (χ4v) is 2.97. The lowest BCUT2D eigenvalue weighted by atomic mass is 10.0. The van der Waals surface area contributed by atoms with E-state index in [0.717, 1.165) is 23.5 Å². The predicted molar refractivity (Wildman–Crippen MR) is 97.0 cm³/mol. The number of aryl methyl sites for hydroxylation is 2. The number of carbonyl (C=O) groups is 1. The Kier molecular flexibility index (Phi) is 4.57. The van der Waals surface area contributed by atoms with Gasteiger partial charge in [-0.3, -0.25) is 4.79 Å². The van der Waals surface area contributed by atoms with Crippen LogP contribution in [0, 0.1) is 13.8 Å². The van der Waals surface area contributed by atoms with Crippen molar-refractivity contribution in [3.05, 3.63) is 59.4 Å². The number of nitrogens with zero attached hydrogens (tertiary/aromatic N) is 2. The molecule has 2 aromatic heterocycles. The number of methoxy groups -OCH3 is 2. The molecule has 0 unspecified atom stereocenters. The molecule has 0 aliphatic heterocycles. The Hall–Kier alpha value is -3.08. The lowest BCUT2D eigenvalue weighted by molar-refractivity contribution is 0.112. The summed E-state index contributed by atoms with van der Waals surface area (Å²) in [6, 6.07) is 13.4. The minimum atomic E-state index is 0.428. The van der Waals surface area contributed by atoms with E-state index in [9.17, 15) is 4.79 Å². The largest absolute Gasteiger partial charge is 0.497 e. The smallest absolute Gasteiger partial charge is 0.153 e. The van der Waals surface area contributed by atoms with E-state index in [1.54, 1.807) is 20.3 Å². The number of rotatable bonds is 5. The topological polar surface area (TPSA) is 53.4 Å². The Morgan fingerprint density at radius 2 is 1.72 bits per heavy atom. The van der Waals surface area contributed by atoms with Crippen molar-refractivity contribution in [1.82, 2.24) is 9.55 Å². The van der Waals surface area contributed by atoms with Gasteiger partial charge in [-0.15, -0.1) is 0 Å². The summed E-state index contributed by atoms with van der Waals surface area (Å²) in [6.45, 7) is 4.08. The Balaban J connectivity index is 2.21. The average molecular weight is 336 g/mol. The van der Waals surface area contributed by atoms with Crippen LogP contribution >= 0.6 is 0 Å². The molecule has 1 aromatic carbocycles. The molecular weight excluding hydrogens is 316 g/mol. The van der Waals surface area contributed by atoms with E-state index in [-0.39, 0.29) is 0 Å². The van der Waals surface area contributed by atoms with E-state index >= 15 is 0 Å². The van der Waals surface area contributed by atoms with E-state index < -0.39 is 0 Å². The van der Waals surface area contributed by atoms with Crippen molar-refractivity contribution in [2.45, 2.75) is 13.8 Å². The first kappa shape index (κ1) is 16.8. The number of hydrogen-bond acceptors (Lipinski definition) is 4. The molecular formula is C20H20N2O3. The SMILES string of the molecule is COc1cc(C=O)c(OC)c(-c2cccc(-n3c(C)ccc3C)n2)c1. The molecule has 0 aliphatic carbocycles. The van der Waals surface area contributed by atoms with Gasteiger partial charge in [0, 0.05) is 17.0 Å². The fraction of sp³-hybridized carbons (Fsp3) is 0.200. The van der Waals surface area contributed by atoms with E-state index in [1.807, 2.05) is 38.1 Å². The number of aromatic nitrogens is 2. The highest BCUT2D eigenvalue weighted by atomic mass is 16.5. The molecule has 0 saturated heterocycles. The zero-order chi connectivity index (χ0) is 18.0. The van der Waals surface area contributed by atoms with Gasteiger partial charge in [0.1, 0.15) is 17.3 Å². The molecule has 2 heterocycles. The highest BCUT2D eigenvalue weighted by Crippen LogP contribution is 2.35. The zero-order valence-electron chi connectivity index (χ0n) is 14.7. The van der Waals surface area contributed by atoms with Gasteiger partial charge in [-0.2, -0.15) is 0 Å². The molecule has 0 aliphatic rings. The molecule has 3 aromatic rings. The van der Waals surface area contributed by atoms with Crippen molar-refractivity contribution < 1.29 is 14.3 Å². The number of hydrogen-bond donors (Lipinski definition) is 0. The van der Waals surface area contributed by atoms with Crippen molar-refractivity contribution in [1.29, 1.82) is 0 Å². The van der Waals surface area contributed by atoms with Crippen LogP contribution < -0.4 is 9.47 Å². The predicted octanol–water partition coefficient (Wildman–Crippen LogP) is 3.99. The Morgan fingerprint density at radius 3 is 2.32 bits per heavy atom. The maximum Gasteiger partial charge on any atom is 0.153 e. The van der Waals surface area contributed by atoms with E-state index in [4.69, 9.17) is 14.5 Å². The number of ether oxygens (including phenoxy) is 2. The highest BCUT2D eigenvalue weighted by Gasteiger charge is 2.16. The van der Waals surface area contributed by atoms with Crippen LogP contribution in [0.25, 0.3) is 17.1 Å². The molecule has 3 rings (SSSR count). The molecule has 0 radical (unpaired) electrons. The van der Waals surface area contributed by atoms with Crippen molar-refractivity contribution in [2.24, 2.45) is 0 Å². The standard InChI is InChI=1S/C20H20N2O3/c1-13-8-9-14(2)22(13)19-7-5-6-18(21-19)17-11-16(24-3)10-15(12-23)20(17)25-4/h5-12H,1-4H3. The molecule has 0 fully saturated rings. The summed E-state index contributed by atoms with van der Waals surface area (Å²) >= 11 is 0. The Morgan fingerprint density at radius 1 is 1.00 bits per heavy atom. The zero-order valence-corrected chi connectivity index (χ0v) is 14.7. The van der Waals surface area contributed by atoms with Gasteiger partial charge < -0.3 is 14.0 Å². The monoisotopic (exact) mass is 336 g/mol. The van der Waals surface area contributed by atoms with Gasteiger partial charge in [-0.25, -0.2) is 4.98 Å². The second-order valence-electron chi connectivity index (χ2n) is 5.75. The van der Waals surface area contributed by atoms with Gasteiger partial charge in [0.2, 0.25) is 0 Å². The normalized spacial score (nSPS) is 10.6. The maximum absolute atomic E-state index is 11.4. The van der Waals surface area contributed by atoms with Crippen LogP contribution in [0.1, 0.15) is 21.7 Å². The minimum absolute atomic E-state index is 0.428. The summed E-state index contributed by atoms with van der Waals surface area (Å²) < 4.78 is 12.9. The number of aldehydes is 1. The molecule has 0 bridgehead atoms. The Bertz CT molecular complexity index is 909. The van der Waals surface area contributed by atoms with Crippen LogP contribution in [-0.2, 0) is 0 Å². The van der Waals surface area contributed by atoms with Gasteiger partial charge in [0.05, 0.1) is 25.5 Å². The van der Waals surface area contributed by atoms with Crippen molar-refractivity contribution in [3.8, 4) is 28.6 Å². The third-order valence-corrected chi connectivity index (χ3v) is 4.17. The molecule has 25 heavy (non-hydrogen) atoms. The molecule has 5 nitrogen and oxygen atoms in total. The van der Waals surface area contributed by atoms with E-state index in [1.165, 1.54) is 0 Å². The van der Waals surface area contributed by atoms with Gasteiger partial charge in [-0.1, -0.05) is 6.07 Å². The second-order valence-corrected chi connectivity index (χ2v) is 5.75. The second kappa shape index (κ2) is 6.81. The van der Waals surface area contributed by atoms with E-state index in [2.05, 4.69) is 16.7 Å². The molecule has 0 spiro atoms. The fourth-order valence-electron chi connectivity index (χ4n) is 2.97. The quantitative estimate of drug-likeness (QED) is 0.661. The van der Waals surface area contributed by atoms with Crippen LogP contribution in [0.4, 0.5) is 0 Å². The number of carbonyl (C=O) groups excluding carboxylic acids is 1. The van der Waals surface area contributed by atoms with Crippen molar-refractivity contribution >= 4 is 6.29 Å². The molecule has 0 atom stereocenters. The first-order valence-corrected chi connectivity index (χ1v) is 7.93. The van der Waals surface area contributed by atoms with Crippen molar-refractivity contribution in [2.75, 3.05) is 14.2 Å². The summed E-state index contributed by atoms with van der Waals surface area (Å²) in [7, 11) is 3.11. The summed E-state index contributed by atoms with van der Waals surface area (Å²) in [5.74, 6) is 1.88. The third kappa shape index (κ3) is 3.01. The summed E-state index contributed by atoms with van der Waals surface area (Å²) in [6.07, 6.45) is 0.759. The molecule has 5 heteroatoms. The first-order chi connectivity index (χ1) is 12.1. The average Bonchev–Trinajstić information content (AvgIpc) is 2.98. The van der Waals surface area contributed by atoms with Gasteiger partial charge >= 0.3 is 0 Å². The highest BCUT2D eigenvalue weighted by molar-refractivity contribution is 5.86. The minimum Gasteiger partial charge on any atom is -0.497 e. The first-order valence-electron chi connectivity index (χ1n) is 7.93. The summed E-state index contributed by atoms with van der Waals surface area (Å²) in [5, 5.41) is 0. The third-order valence-electron chi connectivity index (χ3n) is 4.17. The molecule has 0 amide bonds. The number of pyridine rings is 1.